The molecular formula is C23H32ClF2N3O2. The highest BCUT2D eigenvalue weighted by molar-refractivity contribution is 6.30. The molecule has 1 saturated carbocycles. The first-order valence-electron chi connectivity index (χ1n) is 11.2. The minimum atomic E-state index is -2.62. The van der Waals surface area contributed by atoms with Crippen molar-refractivity contribution >= 4 is 23.4 Å². The van der Waals surface area contributed by atoms with Crippen molar-refractivity contribution in [1.82, 2.24) is 10.2 Å². The van der Waals surface area contributed by atoms with Gasteiger partial charge in [0, 0.05) is 24.5 Å². The molecule has 1 aromatic carbocycles. The van der Waals surface area contributed by atoms with Crippen LogP contribution >= 0.6 is 11.6 Å². The average molecular weight is 456 g/mol. The SMILES string of the molecule is NC(Cc1ccc(Cl)cc1CNC(=O)C1CCCN1C(=O)CC1CCCCC1)C(F)F. The number of halogens is 3. The number of likely N-dealkylation sites (tertiary alicyclic amines) is 1. The Labute approximate surface area is 187 Å². The van der Waals surface area contributed by atoms with E-state index < -0.39 is 18.5 Å². The number of carbonyl (C=O) groups excluding carboxylic acids is 2. The molecule has 1 heterocycles. The molecule has 1 aliphatic carbocycles. The normalized spacial score (nSPS) is 20.8. The maximum Gasteiger partial charge on any atom is 0.253 e. The number of carbonyl (C=O) groups is 2. The van der Waals surface area contributed by atoms with E-state index in [1.54, 1.807) is 23.1 Å². The summed E-state index contributed by atoms with van der Waals surface area (Å²) in [6.45, 7) is 0.765. The number of hydrogen-bond donors (Lipinski definition) is 2. The number of nitrogens with one attached hydrogen (secondary N) is 1. The highest BCUT2D eigenvalue weighted by Gasteiger charge is 2.34. The Bertz CT molecular complexity index is 771. The van der Waals surface area contributed by atoms with Gasteiger partial charge in [0.2, 0.25) is 11.8 Å². The van der Waals surface area contributed by atoms with Crippen LogP contribution in [0.15, 0.2) is 18.2 Å². The lowest BCUT2D eigenvalue weighted by molar-refractivity contribution is -0.139. The van der Waals surface area contributed by atoms with E-state index in [0.717, 1.165) is 19.3 Å². The molecule has 8 heteroatoms. The van der Waals surface area contributed by atoms with Gasteiger partial charge < -0.3 is 16.0 Å². The Morgan fingerprint density at radius 1 is 1.13 bits per heavy atom. The van der Waals surface area contributed by atoms with Crippen LogP contribution in [0.3, 0.4) is 0 Å². The van der Waals surface area contributed by atoms with Gasteiger partial charge in [0.15, 0.2) is 0 Å². The fraction of sp³-hybridized carbons (Fsp3) is 0.652. The molecule has 5 nitrogen and oxygen atoms in total. The topological polar surface area (TPSA) is 75.4 Å². The van der Waals surface area contributed by atoms with E-state index in [-0.39, 0.29) is 24.8 Å². The molecular weight excluding hydrogens is 424 g/mol. The molecule has 1 aromatic rings. The summed E-state index contributed by atoms with van der Waals surface area (Å²) < 4.78 is 25.7. The molecule has 0 aromatic heterocycles. The van der Waals surface area contributed by atoms with Gasteiger partial charge in [-0.05, 0) is 61.3 Å². The molecule has 2 aliphatic rings. The molecule has 1 saturated heterocycles. The number of amides is 2. The number of rotatable bonds is 8. The molecule has 2 fully saturated rings. The van der Waals surface area contributed by atoms with E-state index in [4.69, 9.17) is 17.3 Å². The monoisotopic (exact) mass is 455 g/mol. The summed E-state index contributed by atoms with van der Waals surface area (Å²) in [6, 6.07) is 3.21. The van der Waals surface area contributed by atoms with Crippen molar-refractivity contribution in [1.29, 1.82) is 0 Å². The van der Waals surface area contributed by atoms with E-state index in [2.05, 4.69) is 5.32 Å². The van der Waals surface area contributed by atoms with E-state index in [1.165, 1.54) is 19.3 Å². The highest BCUT2D eigenvalue weighted by Crippen LogP contribution is 2.28. The van der Waals surface area contributed by atoms with Crippen molar-refractivity contribution in [3.63, 3.8) is 0 Å². The van der Waals surface area contributed by atoms with E-state index >= 15 is 0 Å². The smallest absolute Gasteiger partial charge is 0.253 e. The van der Waals surface area contributed by atoms with Gasteiger partial charge in [-0.25, -0.2) is 8.78 Å². The highest BCUT2D eigenvalue weighted by atomic mass is 35.5. The minimum Gasteiger partial charge on any atom is -0.350 e. The van der Waals surface area contributed by atoms with Crippen molar-refractivity contribution in [2.45, 2.75) is 82.8 Å². The van der Waals surface area contributed by atoms with Gasteiger partial charge in [0.1, 0.15) is 6.04 Å². The quantitative estimate of drug-likeness (QED) is 0.620. The lowest BCUT2D eigenvalue weighted by atomic mass is 9.86. The van der Waals surface area contributed by atoms with Gasteiger partial charge in [-0.15, -0.1) is 0 Å². The van der Waals surface area contributed by atoms with Crippen LogP contribution in [0.1, 0.15) is 62.5 Å². The number of benzene rings is 1. The van der Waals surface area contributed by atoms with Crippen LogP contribution in [0, 0.1) is 5.92 Å². The van der Waals surface area contributed by atoms with Crippen LogP contribution in [-0.2, 0) is 22.6 Å². The molecule has 0 spiro atoms. The third-order valence-electron chi connectivity index (χ3n) is 6.46. The molecule has 2 atom stereocenters. The van der Waals surface area contributed by atoms with Gasteiger partial charge in [0.05, 0.1) is 6.04 Å². The van der Waals surface area contributed by atoms with Crippen LogP contribution in [0.4, 0.5) is 8.78 Å². The zero-order valence-corrected chi connectivity index (χ0v) is 18.6. The standard InChI is InChI=1S/C23H32ClF2N3O2/c24-18-9-8-16(13-19(27)22(25)26)17(12-18)14-28-23(31)20-7-4-10-29(20)21(30)11-15-5-2-1-3-6-15/h8-9,12,15,19-20,22H,1-7,10-11,13-14,27H2,(H,28,31). The van der Waals surface area contributed by atoms with E-state index in [9.17, 15) is 18.4 Å². The number of nitrogens with two attached hydrogens (primary N) is 1. The van der Waals surface area contributed by atoms with Crippen LogP contribution in [0.2, 0.25) is 5.02 Å². The van der Waals surface area contributed by atoms with Crippen LogP contribution in [0.25, 0.3) is 0 Å². The molecule has 1 aliphatic heterocycles. The third kappa shape index (κ3) is 6.62. The van der Waals surface area contributed by atoms with Crippen LogP contribution < -0.4 is 11.1 Å². The number of hydrogen-bond acceptors (Lipinski definition) is 3. The third-order valence-corrected chi connectivity index (χ3v) is 6.70. The first-order chi connectivity index (χ1) is 14.8. The van der Waals surface area contributed by atoms with Crippen molar-refractivity contribution in [3.8, 4) is 0 Å². The fourth-order valence-corrected chi connectivity index (χ4v) is 4.89. The molecule has 0 radical (unpaired) electrons. The molecule has 0 bridgehead atoms. The summed E-state index contributed by atoms with van der Waals surface area (Å²) in [4.78, 5) is 27.4. The lowest BCUT2D eigenvalue weighted by Gasteiger charge is -2.27. The minimum absolute atomic E-state index is 0.00450. The summed E-state index contributed by atoms with van der Waals surface area (Å²) >= 11 is 6.07. The fourth-order valence-electron chi connectivity index (χ4n) is 4.69. The Balaban J connectivity index is 1.59. The van der Waals surface area contributed by atoms with Crippen molar-refractivity contribution in [3.05, 3.63) is 34.3 Å². The van der Waals surface area contributed by atoms with Crippen molar-refractivity contribution in [2.24, 2.45) is 11.7 Å². The summed E-state index contributed by atoms with van der Waals surface area (Å²) in [5.74, 6) is 0.285. The number of nitrogens with zero attached hydrogens (tertiary/aromatic N) is 1. The average Bonchev–Trinajstić information content (AvgIpc) is 3.24. The Morgan fingerprint density at radius 2 is 1.87 bits per heavy atom. The zero-order chi connectivity index (χ0) is 22.4. The van der Waals surface area contributed by atoms with Gasteiger partial charge in [-0.1, -0.05) is 36.9 Å². The van der Waals surface area contributed by atoms with Gasteiger partial charge in [0.25, 0.3) is 6.43 Å². The second-order valence-electron chi connectivity index (χ2n) is 8.79. The second-order valence-corrected chi connectivity index (χ2v) is 9.22. The maximum absolute atomic E-state index is 12.9. The molecule has 3 N–H and O–H groups in total. The predicted octanol–water partition coefficient (Wildman–Crippen LogP) is 4.05. The van der Waals surface area contributed by atoms with Gasteiger partial charge in [-0.3, -0.25) is 9.59 Å². The molecule has 3 rings (SSSR count). The Kier molecular flexibility index (Phi) is 8.67. The summed E-state index contributed by atoms with van der Waals surface area (Å²) in [5.41, 5.74) is 6.82. The Morgan fingerprint density at radius 3 is 2.58 bits per heavy atom. The largest absolute Gasteiger partial charge is 0.350 e. The molecule has 31 heavy (non-hydrogen) atoms. The summed E-state index contributed by atoms with van der Waals surface area (Å²) in [5, 5.41) is 3.34. The first-order valence-corrected chi connectivity index (χ1v) is 11.6. The Hall–Kier alpha value is -1.73. The lowest BCUT2D eigenvalue weighted by Crippen LogP contribution is -2.46. The van der Waals surface area contributed by atoms with E-state index in [0.29, 0.717) is 41.5 Å². The molecule has 2 unspecified atom stereocenters. The number of alkyl halides is 2. The van der Waals surface area contributed by atoms with Crippen molar-refractivity contribution in [2.75, 3.05) is 6.54 Å². The van der Waals surface area contributed by atoms with Crippen molar-refractivity contribution < 1.29 is 18.4 Å². The van der Waals surface area contributed by atoms with Crippen LogP contribution in [-0.4, -0.2) is 41.8 Å². The van der Waals surface area contributed by atoms with Gasteiger partial charge >= 0.3 is 0 Å². The summed E-state index contributed by atoms with van der Waals surface area (Å²) in [7, 11) is 0. The predicted molar refractivity (Wildman–Crippen MR) is 117 cm³/mol. The van der Waals surface area contributed by atoms with Crippen LogP contribution in [0.5, 0.6) is 0 Å². The maximum atomic E-state index is 12.9. The summed E-state index contributed by atoms with van der Waals surface area (Å²) in [6.07, 6.45) is 5.12. The first kappa shape index (κ1) is 23.9. The molecule has 2 amide bonds. The van der Waals surface area contributed by atoms with E-state index in [1.807, 2.05) is 0 Å². The molecule has 172 valence electrons. The van der Waals surface area contributed by atoms with Gasteiger partial charge in [-0.2, -0.15) is 0 Å². The second kappa shape index (κ2) is 11.2. The zero-order valence-electron chi connectivity index (χ0n) is 17.8.